The maximum absolute atomic E-state index is 5.55. The normalized spacial score (nSPS) is 12.1. The van der Waals surface area contributed by atoms with E-state index in [0.29, 0.717) is 17.5 Å². The van der Waals surface area contributed by atoms with Gasteiger partial charge in [-0.15, -0.1) is 20.1 Å². The van der Waals surface area contributed by atoms with Crippen molar-refractivity contribution < 1.29 is 0 Å². The van der Waals surface area contributed by atoms with Crippen molar-refractivity contribution in [1.29, 1.82) is 0 Å². The maximum Gasteiger partial charge on any atom is 0.166 e. The van der Waals surface area contributed by atoms with Crippen molar-refractivity contribution in [2.45, 2.75) is 39.2 Å². The Balaban J connectivity index is 0.984. The third-order valence-electron chi connectivity index (χ3n) is 15.3. The van der Waals surface area contributed by atoms with Crippen LogP contribution >= 0.6 is 20.1 Å². The Kier molecular flexibility index (Phi) is 13.1. The third kappa shape index (κ3) is 8.73. The first-order chi connectivity index (χ1) is 40.2. The molecule has 81 heavy (non-hydrogen) atoms. The van der Waals surface area contributed by atoms with Crippen LogP contribution in [-0.2, 0) is 0 Å². The summed E-state index contributed by atoms with van der Waals surface area (Å²) >= 11 is 0. The van der Waals surface area contributed by atoms with E-state index < -0.39 is 20.1 Å². The van der Waals surface area contributed by atoms with Crippen molar-refractivity contribution in [1.82, 2.24) is 19.5 Å². The topological polar surface area (TPSA) is 43.6 Å². The number of para-hydroxylation sites is 3. The van der Waals surface area contributed by atoms with Crippen LogP contribution in [0.5, 0.6) is 0 Å². The molecule has 4 nitrogen and oxygen atoms in total. The third-order valence-corrected chi connectivity index (χ3v) is 23.1. The first-order valence-electron chi connectivity index (χ1n) is 27.3. The SMILES string of the molecule is c1ccc(-c2ccc(S(c3ccccc3)(c3ccccc3)c3ccc(-c4nc(-c5cccc(S(c6ccccc6)(c6ccccc6)c6ccccc6)c5)nc(-c5ccccc5-n5c6ccccc6c6ccccc65)n4)cc3)cc2)cc1. The molecule has 0 aliphatic rings. The van der Waals surface area contributed by atoms with Gasteiger partial charge in [0.05, 0.1) is 16.7 Å². The highest BCUT2D eigenvalue weighted by Gasteiger charge is 2.35. The molecule has 6 heteroatoms. The average Bonchev–Trinajstić information content (AvgIpc) is 3.98. The summed E-state index contributed by atoms with van der Waals surface area (Å²) in [6, 6.07) is 119. The maximum atomic E-state index is 5.55. The Morgan fingerprint density at radius 3 is 1.02 bits per heavy atom. The Morgan fingerprint density at radius 2 is 0.543 bits per heavy atom. The lowest BCUT2D eigenvalue weighted by Crippen LogP contribution is -2.06. The molecule has 0 saturated heterocycles. The van der Waals surface area contributed by atoms with Gasteiger partial charge in [0.2, 0.25) is 0 Å². The molecule has 386 valence electrons. The quantitative estimate of drug-likeness (QED) is 0.116. The lowest BCUT2D eigenvalue weighted by molar-refractivity contribution is 1.06. The van der Waals surface area contributed by atoms with Crippen molar-refractivity contribution in [2.75, 3.05) is 0 Å². The zero-order chi connectivity index (χ0) is 54.0. The van der Waals surface area contributed by atoms with Crippen LogP contribution in [0.3, 0.4) is 0 Å². The molecule has 0 radical (unpaired) electrons. The summed E-state index contributed by atoms with van der Waals surface area (Å²) in [6.45, 7) is 0. The van der Waals surface area contributed by atoms with E-state index in [1.165, 1.54) is 61.1 Å². The number of rotatable bonds is 13. The molecule has 0 aliphatic heterocycles. The van der Waals surface area contributed by atoms with E-state index in [1.54, 1.807) is 0 Å². The van der Waals surface area contributed by atoms with Crippen LogP contribution in [0.1, 0.15) is 0 Å². The Morgan fingerprint density at radius 1 is 0.222 bits per heavy atom. The largest absolute Gasteiger partial charge is 0.309 e. The molecule has 2 heterocycles. The number of aromatic nitrogens is 4. The predicted molar refractivity (Wildman–Crippen MR) is 336 cm³/mol. The lowest BCUT2D eigenvalue weighted by Gasteiger charge is -2.42. The van der Waals surface area contributed by atoms with Gasteiger partial charge in [0, 0.05) is 66.6 Å². The minimum absolute atomic E-state index is 0.585. The monoisotopic (exact) mass is 1070 g/mol. The highest BCUT2D eigenvalue weighted by molar-refractivity contribution is 8.34. The summed E-state index contributed by atoms with van der Waals surface area (Å²) in [5.41, 5.74) is 8.28. The van der Waals surface area contributed by atoms with Crippen molar-refractivity contribution in [3.63, 3.8) is 0 Å². The summed E-state index contributed by atoms with van der Waals surface area (Å²) in [5.74, 6) is 1.76. The number of fused-ring (bicyclic) bond motifs is 3. The molecular weight excluding hydrogens is 1020 g/mol. The van der Waals surface area contributed by atoms with Crippen LogP contribution in [0.2, 0.25) is 0 Å². The summed E-state index contributed by atoms with van der Waals surface area (Å²) < 4.78 is 2.36. The molecule has 12 aromatic carbocycles. The van der Waals surface area contributed by atoms with Gasteiger partial charge in [-0.05, 0) is 132 Å². The molecule has 0 fully saturated rings. The van der Waals surface area contributed by atoms with Crippen molar-refractivity contribution in [3.05, 3.63) is 328 Å². The van der Waals surface area contributed by atoms with E-state index in [4.69, 9.17) is 15.0 Å². The fourth-order valence-electron chi connectivity index (χ4n) is 11.7. The van der Waals surface area contributed by atoms with Gasteiger partial charge >= 0.3 is 0 Å². The van der Waals surface area contributed by atoms with E-state index >= 15 is 0 Å². The molecule has 0 spiro atoms. The molecule has 0 aliphatic carbocycles. The number of hydrogen-bond donors (Lipinski definition) is 0. The second kappa shape index (κ2) is 21.4. The molecule has 0 bridgehead atoms. The van der Waals surface area contributed by atoms with Gasteiger partial charge in [-0.25, -0.2) is 15.0 Å². The van der Waals surface area contributed by atoms with Gasteiger partial charge in [0.25, 0.3) is 0 Å². The highest BCUT2D eigenvalue weighted by Crippen LogP contribution is 2.75. The second-order valence-electron chi connectivity index (χ2n) is 19.9. The number of nitrogens with zero attached hydrogens (tertiary/aromatic N) is 4. The molecule has 14 aromatic rings. The Bertz CT molecular complexity index is 4290. The Labute approximate surface area is 476 Å². The number of hydrogen-bond acceptors (Lipinski definition) is 3. The number of benzene rings is 12. The van der Waals surface area contributed by atoms with E-state index in [9.17, 15) is 0 Å². The van der Waals surface area contributed by atoms with Gasteiger partial charge in [0.15, 0.2) is 17.5 Å². The lowest BCUT2D eigenvalue weighted by atomic mass is 10.1. The molecule has 0 unspecified atom stereocenters. The first-order valence-corrected chi connectivity index (χ1v) is 30.6. The standard InChI is InChI=1S/C75H54N4S2/c1-7-26-55(27-8-1)56-46-50-64(51-47-56)80(59-29-9-2-10-30-59,60-31-11-3-12-32-60)65-52-48-57(49-53-65)73-76-74(78-75(77-73)69-42-21-24-45-72(69)79-70-43-22-19-40-67(70)68-41-20-23-44-71(68)79)58-28-25-39-66(54-58)81(61-33-13-4-14-34-61,62-35-15-5-16-36-62)63-37-17-6-18-38-63/h1-54H. The highest BCUT2D eigenvalue weighted by atomic mass is 32.3. The minimum atomic E-state index is -2.02. The second-order valence-corrected chi connectivity index (χ2v) is 26.1. The first kappa shape index (κ1) is 49.4. The summed E-state index contributed by atoms with van der Waals surface area (Å²) in [6.07, 6.45) is 0. The smallest absolute Gasteiger partial charge is 0.166 e. The summed E-state index contributed by atoms with van der Waals surface area (Å²) in [4.78, 5) is 26.5. The van der Waals surface area contributed by atoms with Gasteiger partial charge in [-0.1, -0.05) is 206 Å². The minimum Gasteiger partial charge on any atom is -0.309 e. The fraction of sp³-hybridized carbons (Fsp3) is 0. The zero-order valence-electron chi connectivity index (χ0n) is 44.3. The fourth-order valence-corrected chi connectivity index (χ4v) is 19.4. The summed E-state index contributed by atoms with van der Waals surface area (Å²) in [5, 5.41) is 2.38. The molecule has 0 N–H and O–H groups in total. The molecule has 0 amide bonds. The van der Waals surface area contributed by atoms with Crippen LogP contribution in [0.25, 0.3) is 72.8 Å². The van der Waals surface area contributed by atoms with Crippen molar-refractivity contribution in [3.8, 4) is 51.0 Å². The molecule has 0 saturated carbocycles. The van der Waals surface area contributed by atoms with Crippen LogP contribution in [-0.4, -0.2) is 19.5 Å². The predicted octanol–water partition coefficient (Wildman–Crippen LogP) is 20.3. The summed E-state index contributed by atoms with van der Waals surface area (Å²) in [7, 11) is -4.04. The molecule has 0 atom stereocenters. The van der Waals surface area contributed by atoms with Gasteiger partial charge < -0.3 is 4.57 Å². The van der Waals surface area contributed by atoms with Crippen LogP contribution in [0.15, 0.2) is 367 Å². The van der Waals surface area contributed by atoms with Gasteiger partial charge in [-0.3, -0.25) is 0 Å². The van der Waals surface area contributed by atoms with Crippen LogP contribution < -0.4 is 0 Å². The van der Waals surface area contributed by atoms with E-state index in [-0.39, 0.29) is 0 Å². The van der Waals surface area contributed by atoms with Gasteiger partial charge in [-0.2, -0.15) is 0 Å². The van der Waals surface area contributed by atoms with Crippen LogP contribution in [0.4, 0.5) is 0 Å². The van der Waals surface area contributed by atoms with E-state index in [2.05, 4.69) is 332 Å². The Hall–Kier alpha value is -9.85. The molecule has 14 rings (SSSR count). The average molecular weight is 1080 g/mol. The van der Waals surface area contributed by atoms with E-state index in [0.717, 1.165) is 33.4 Å². The van der Waals surface area contributed by atoms with Gasteiger partial charge in [0.1, 0.15) is 0 Å². The van der Waals surface area contributed by atoms with E-state index in [1.807, 2.05) is 0 Å². The van der Waals surface area contributed by atoms with Crippen LogP contribution in [0, 0.1) is 0 Å². The molecule has 2 aromatic heterocycles. The molecular formula is C75H54N4S2. The van der Waals surface area contributed by atoms with Crippen molar-refractivity contribution >= 4 is 41.9 Å². The zero-order valence-corrected chi connectivity index (χ0v) is 45.9. The van der Waals surface area contributed by atoms with Crippen molar-refractivity contribution in [2.24, 2.45) is 0 Å².